The van der Waals surface area contributed by atoms with E-state index in [2.05, 4.69) is 29.7 Å². The summed E-state index contributed by atoms with van der Waals surface area (Å²) in [5, 5.41) is 6.23. The van der Waals surface area contributed by atoms with Crippen molar-refractivity contribution in [3.8, 4) is 0 Å². The molecule has 0 saturated heterocycles. The number of hydrogen-bond donors (Lipinski definition) is 2. The van der Waals surface area contributed by atoms with Crippen LogP contribution < -0.4 is 10.6 Å². The fourth-order valence-electron chi connectivity index (χ4n) is 1.79. The molecule has 1 aromatic carbocycles. The number of rotatable bonds is 10. The normalized spacial score (nSPS) is 12.1. The fourth-order valence-corrected chi connectivity index (χ4v) is 2.60. The van der Waals surface area contributed by atoms with E-state index in [1.165, 1.54) is 17.7 Å². The second-order valence-corrected chi connectivity index (χ2v) is 6.00. The molecule has 2 N–H and O–H groups in total. The molecule has 0 heterocycles. The van der Waals surface area contributed by atoms with Crippen LogP contribution in [-0.2, 0) is 4.79 Å². The molecular weight excluding hydrogens is 268 g/mol. The summed E-state index contributed by atoms with van der Waals surface area (Å²) >= 11 is 1.80. The molecule has 0 bridgehead atoms. The first-order valence-electron chi connectivity index (χ1n) is 7.43. The Morgan fingerprint density at radius 2 is 1.95 bits per heavy atom. The fraction of sp³-hybridized carbons (Fsp3) is 0.562. The number of nitrogens with one attached hydrogen (secondary N) is 2. The van der Waals surface area contributed by atoms with Crippen molar-refractivity contribution in [2.45, 2.75) is 44.0 Å². The first kappa shape index (κ1) is 17.1. The SMILES string of the molecule is CCCCCNC(=O)C(C)NCCSc1ccccc1. The van der Waals surface area contributed by atoms with Crippen LogP contribution in [0.1, 0.15) is 33.1 Å². The third-order valence-electron chi connectivity index (χ3n) is 3.04. The molecule has 0 aromatic heterocycles. The van der Waals surface area contributed by atoms with Crippen molar-refractivity contribution in [1.82, 2.24) is 10.6 Å². The summed E-state index contributed by atoms with van der Waals surface area (Å²) in [6.45, 7) is 5.71. The van der Waals surface area contributed by atoms with Gasteiger partial charge in [-0.1, -0.05) is 38.0 Å². The first-order valence-corrected chi connectivity index (χ1v) is 8.41. The second-order valence-electron chi connectivity index (χ2n) is 4.84. The molecule has 1 atom stereocenters. The average molecular weight is 294 g/mol. The number of thioether (sulfide) groups is 1. The molecule has 0 radical (unpaired) electrons. The highest BCUT2D eigenvalue weighted by Crippen LogP contribution is 2.15. The highest BCUT2D eigenvalue weighted by Gasteiger charge is 2.10. The number of carbonyl (C=O) groups excluding carboxylic acids is 1. The minimum absolute atomic E-state index is 0.103. The summed E-state index contributed by atoms with van der Waals surface area (Å²) in [7, 11) is 0. The molecule has 0 saturated carbocycles. The lowest BCUT2D eigenvalue weighted by Crippen LogP contribution is -2.43. The van der Waals surface area contributed by atoms with Crippen LogP contribution in [0.2, 0.25) is 0 Å². The number of benzene rings is 1. The summed E-state index contributed by atoms with van der Waals surface area (Å²) < 4.78 is 0. The van der Waals surface area contributed by atoms with Gasteiger partial charge in [-0.05, 0) is 25.5 Å². The first-order chi connectivity index (χ1) is 9.74. The standard InChI is InChI=1S/C16H26N2OS/c1-3-4-8-11-18-16(19)14(2)17-12-13-20-15-9-6-5-7-10-15/h5-7,9-10,14,17H,3-4,8,11-13H2,1-2H3,(H,18,19). The Hall–Kier alpha value is -1.00. The summed E-state index contributed by atoms with van der Waals surface area (Å²) in [6.07, 6.45) is 3.43. The molecule has 1 aromatic rings. The van der Waals surface area contributed by atoms with Gasteiger partial charge in [0.2, 0.25) is 5.91 Å². The summed E-state index contributed by atoms with van der Waals surface area (Å²) in [6, 6.07) is 10.2. The zero-order valence-corrected chi connectivity index (χ0v) is 13.3. The van der Waals surface area contributed by atoms with Crippen molar-refractivity contribution in [2.24, 2.45) is 0 Å². The monoisotopic (exact) mass is 294 g/mol. The lowest BCUT2D eigenvalue weighted by atomic mass is 10.2. The van der Waals surface area contributed by atoms with Crippen LogP contribution in [0, 0.1) is 0 Å². The molecule has 3 nitrogen and oxygen atoms in total. The minimum atomic E-state index is -0.118. The molecule has 0 fully saturated rings. The minimum Gasteiger partial charge on any atom is -0.355 e. The van der Waals surface area contributed by atoms with E-state index in [9.17, 15) is 4.79 Å². The van der Waals surface area contributed by atoms with Crippen LogP contribution in [0.25, 0.3) is 0 Å². The molecule has 4 heteroatoms. The Morgan fingerprint density at radius 3 is 2.65 bits per heavy atom. The Balaban J connectivity index is 2.07. The van der Waals surface area contributed by atoms with E-state index in [1.54, 1.807) is 11.8 Å². The second kappa shape index (κ2) is 10.7. The van der Waals surface area contributed by atoms with Crippen molar-refractivity contribution in [1.29, 1.82) is 0 Å². The van der Waals surface area contributed by atoms with Crippen LogP contribution in [0.3, 0.4) is 0 Å². The zero-order valence-electron chi connectivity index (χ0n) is 12.5. The van der Waals surface area contributed by atoms with Gasteiger partial charge in [-0.15, -0.1) is 11.8 Å². The number of hydrogen-bond acceptors (Lipinski definition) is 3. The Kier molecular flexibility index (Phi) is 9.16. The third kappa shape index (κ3) is 7.56. The summed E-state index contributed by atoms with van der Waals surface area (Å²) in [4.78, 5) is 13.1. The molecule has 112 valence electrons. The molecule has 1 amide bonds. The lowest BCUT2D eigenvalue weighted by Gasteiger charge is -2.13. The molecular formula is C16H26N2OS. The van der Waals surface area contributed by atoms with E-state index in [-0.39, 0.29) is 11.9 Å². The zero-order chi connectivity index (χ0) is 14.6. The van der Waals surface area contributed by atoms with Crippen molar-refractivity contribution in [2.75, 3.05) is 18.8 Å². The third-order valence-corrected chi connectivity index (χ3v) is 4.05. The van der Waals surface area contributed by atoms with Gasteiger partial charge in [0.1, 0.15) is 0 Å². The largest absolute Gasteiger partial charge is 0.355 e. The van der Waals surface area contributed by atoms with Gasteiger partial charge < -0.3 is 10.6 Å². The van der Waals surface area contributed by atoms with E-state index in [0.717, 1.165) is 25.3 Å². The van der Waals surface area contributed by atoms with Crippen LogP contribution in [-0.4, -0.2) is 30.8 Å². The van der Waals surface area contributed by atoms with Gasteiger partial charge in [0.15, 0.2) is 0 Å². The van der Waals surface area contributed by atoms with Crippen molar-refractivity contribution >= 4 is 17.7 Å². The highest BCUT2D eigenvalue weighted by atomic mass is 32.2. The van der Waals surface area contributed by atoms with Crippen LogP contribution >= 0.6 is 11.8 Å². The Morgan fingerprint density at radius 1 is 1.20 bits per heavy atom. The summed E-state index contributed by atoms with van der Waals surface area (Å²) in [5.74, 6) is 1.07. The maximum Gasteiger partial charge on any atom is 0.236 e. The van der Waals surface area contributed by atoms with E-state index in [1.807, 2.05) is 25.1 Å². The van der Waals surface area contributed by atoms with Crippen LogP contribution in [0.4, 0.5) is 0 Å². The van der Waals surface area contributed by atoms with Crippen molar-refractivity contribution in [3.05, 3.63) is 30.3 Å². The lowest BCUT2D eigenvalue weighted by molar-refractivity contribution is -0.122. The van der Waals surface area contributed by atoms with Gasteiger partial charge >= 0.3 is 0 Å². The molecule has 1 rings (SSSR count). The van der Waals surface area contributed by atoms with Gasteiger partial charge in [-0.2, -0.15) is 0 Å². The average Bonchev–Trinajstić information content (AvgIpc) is 2.48. The summed E-state index contributed by atoms with van der Waals surface area (Å²) in [5.41, 5.74) is 0. The van der Waals surface area contributed by atoms with Gasteiger partial charge in [0.05, 0.1) is 6.04 Å². The van der Waals surface area contributed by atoms with Crippen LogP contribution in [0.15, 0.2) is 35.2 Å². The molecule has 1 unspecified atom stereocenters. The van der Waals surface area contributed by atoms with Gasteiger partial charge in [-0.3, -0.25) is 4.79 Å². The van der Waals surface area contributed by atoms with Gasteiger partial charge in [-0.25, -0.2) is 0 Å². The van der Waals surface area contributed by atoms with Crippen molar-refractivity contribution < 1.29 is 4.79 Å². The highest BCUT2D eigenvalue weighted by molar-refractivity contribution is 7.99. The maximum absolute atomic E-state index is 11.8. The van der Waals surface area contributed by atoms with Crippen LogP contribution in [0.5, 0.6) is 0 Å². The molecule has 0 aliphatic rings. The topological polar surface area (TPSA) is 41.1 Å². The maximum atomic E-state index is 11.8. The van der Waals surface area contributed by atoms with E-state index in [4.69, 9.17) is 0 Å². The molecule has 20 heavy (non-hydrogen) atoms. The predicted octanol–water partition coefficient (Wildman–Crippen LogP) is 3.06. The van der Waals surface area contributed by atoms with E-state index < -0.39 is 0 Å². The number of carbonyl (C=O) groups is 1. The number of amides is 1. The molecule has 0 spiro atoms. The Labute approximate surface area is 126 Å². The van der Waals surface area contributed by atoms with E-state index in [0.29, 0.717) is 0 Å². The van der Waals surface area contributed by atoms with Gasteiger partial charge in [0, 0.05) is 23.7 Å². The quantitative estimate of drug-likeness (QED) is 0.515. The Bertz CT molecular complexity index is 370. The molecule has 0 aliphatic carbocycles. The van der Waals surface area contributed by atoms with Crippen molar-refractivity contribution in [3.63, 3.8) is 0 Å². The molecule has 0 aliphatic heterocycles. The smallest absolute Gasteiger partial charge is 0.236 e. The van der Waals surface area contributed by atoms with E-state index >= 15 is 0 Å². The number of unbranched alkanes of at least 4 members (excludes halogenated alkanes) is 2. The predicted molar refractivity (Wildman–Crippen MR) is 87.2 cm³/mol. The van der Waals surface area contributed by atoms with Gasteiger partial charge in [0.25, 0.3) is 0 Å².